The lowest BCUT2D eigenvalue weighted by atomic mass is 10.6. The summed E-state index contributed by atoms with van der Waals surface area (Å²) in [5, 5.41) is 10.5. The molecule has 0 saturated carbocycles. The Morgan fingerprint density at radius 1 is 1.80 bits per heavy atom. The lowest BCUT2D eigenvalue weighted by molar-refractivity contribution is 0.209. The van der Waals surface area contributed by atoms with Crippen molar-refractivity contribution < 1.29 is 9.90 Å². The van der Waals surface area contributed by atoms with Gasteiger partial charge in [-0.3, -0.25) is 5.32 Å². The van der Waals surface area contributed by atoms with E-state index in [1.54, 1.807) is 29.9 Å². The number of hydrogen-bond acceptors (Lipinski definition) is 1. The first-order chi connectivity index (χ1) is 4.70. The SMILES string of the molecule is Cn1cccc1NC(=O)O. The van der Waals surface area contributed by atoms with E-state index in [9.17, 15) is 4.79 Å². The highest BCUT2D eigenvalue weighted by molar-refractivity contribution is 5.81. The zero-order valence-electron chi connectivity index (χ0n) is 5.53. The average Bonchev–Trinajstić information content (AvgIpc) is 2.15. The largest absolute Gasteiger partial charge is 0.465 e. The lowest BCUT2D eigenvalue weighted by Gasteiger charge is -1.99. The molecule has 0 fully saturated rings. The minimum Gasteiger partial charge on any atom is -0.465 e. The Balaban J connectivity index is 2.74. The molecule has 2 N–H and O–H groups in total. The Morgan fingerprint density at radius 2 is 2.50 bits per heavy atom. The van der Waals surface area contributed by atoms with E-state index in [0.29, 0.717) is 5.82 Å². The van der Waals surface area contributed by atoms with E-state index in [1.807, 2.05) is 0 Å². The summed E-state index contributed by atoms with van der Waals surface area (Å²) in [5.41, 5.74) is 0. The molecule has 0 aliphatic heterocycles. The van der Waals surface area contributed by atoms with Gasteiger partial charge in [0.2, 0.25) is 0 Å². The van der Waals surface area contributed by atoms with Crippen molar-refractivity contribution in [1.29, 1.82) is 0 Å². The molecule has 0 bridgehead atoms. The van der Waals surface area contributed by atoms with Gasteiger partial charge in [0.25, 0.3) is 0 Å². The summed E-state index contributed by atoms with van der Waals surface area (Å²) in [7, 11) is 1.77. The molecule has 4 heteroatoms. The van der Waals surface area contributed by atoms with E-state index in [1.165, 1.54) is 0 Å². The number of anilines is 1. The van der Waals surface area contributed by atoms with Crippen LogP contribution < -0.4 is 5.32 Å². The number of nitrogens with one attached hydrogen (secondary N) is 1. The third kappa shape index (κ3) is 1.28. The van der Waals surface area contributed by atoms with Crippen LogP contribution in [-0.2, 0) is 7.05 Å². The van der Waals surface area contributed by atoms with Gasteiger partial charge in [0.15, 0.2) is 0 Å². The molecule has 10 heavy (non-hydrogen) atoms. The number of carbonyl (C=O) groups is 1. The molecule has 54 valence electrons. The lowest BCUT2D eigenvalue weighted by Crippen LogP contribution is -2.09. The Bertz CT molecular complexity index is 242. The molecule has 0 aliphatic rings. The molecule has 1 rings (SSSR count). The summed E-state index contributed by atoms with van der Waals surface area (Å²) >= 11 is 0. The summed E-state index contributed by atoms with van der Waals surface area (Å²) < 4.78 is 1.69. The standard InChI is InChI=1S/C6H8N2O2/c1-8-4-2-3-5(8)7-6(9)10/h2-4,7H,1H3,(H,9,10). The monoisotopic (exact) mass is 140 g/mol. The third-order valence-electron chi connectivity index (χ3n) is 1.18. The van der Waals surface area contributed by atoms with E-state index >= 15 is 0 Å². The van der Waals surface area contributed by atoms with E-state index in [2.05, 4.69) is 5.32 Å². The van der Waals surface area contributed by atoms with Gasteiger partial charge in [-0.1, -0.05) is 0 Å². The zero-order chi connectivity index (χ0) is 7.56. The number of aromatic nitrogens is 1. The maximum Gasteiger partial charge on any atom is 0.410 e. The van der Waals surface area contributed by atoms with Crippen molar-refractivity contribution in [3.63, 3.8) is 0 Å². The minimum absolute atomic E-state index is 0.576. The summed E-state index contributed by atoms with van der Waals surface area (Å²) in [4.78, 5) is 10.1. The molecule has 0 aliphatic carbocycles. The maximum absolute atomic E-state index is 10.1. The van der Waals surface area contributed by atoms with Gasteiger partial charge in [-0.2, -0.15) is 0 Å². The highest BCUT2D eigenvalue weighted by atomic mass is 16.4. The third-order valence-corrected chi connectivity index (χ3v) is 1.18. The number of hydrogen-bond donors (Lipinski definition) is 2. The summed E-state index contributed by atoms with van der Waals surface area (Å²) in [5.74, 6) is 0.576. The van der Waals surface area contributed by atoms with Crippen LogP contribution in [0.3, 0.4) is 0 Å². The minimum atomic E-state index is -1.04. The highest BCUT2D eigenvalue weighted by Crippen LogP contribution is 2.04. The molecule has 1 amide bonds. The molecule has 4 nitrogen and oxygen atoms in total. The van der Waals surface area contributed by atoms with Gasteiger partial charge in [0, 0.05) is 13.2 Å². The number of aryl methyl sites for hydroxylation is 1. The first-order valence-corrected chi connectivity index (χ1v) is 2.81. The molecule has 0 radical (unpaired) electrons. The Hall–Kier alpha value is -1.45. The number of rotatable bonds is 1. The van der Waals surface area contributed by atoms with Crippen molar-refractivity contribution in [2.24, 2.45) is 7.05 Å². The van der Waals surface area contributed by atoms with E-state index in [4.69, 9.17) is 5.11 Å². The van der Waals surface area contributed by atoms with Crippen LogP contribution in [0.2, 0.25) is 0 Å². The second-order valence-electron chi connectivity index (χ2n) is 1.93. The van der Waals surface area contributed by atoms with Crippen LogP contribution >= 0.6 is 0 Å². The number of carboxylic acid groups (broad SMARTS) is 1. The predicted molar refractivity (Wildman–Crippen MR) is 37.1 cm³/mol. The molecular weight excluding hydrogens is 132 g/mol. The van der Waals surface area contributed by atoms with Crippen molar-refractivity contribution in [2.45, 2.75) is 0 Å². The molecule has 0 unspecified atom stereocenters. The zero-order valence-corrected chi connectivity index (χ0v) is 5.53. The molecule has 0 saturated heterocycles. The molecular formula is C6H8N2O2. The second kappa shape index (κ2) is 2.43. The van der Waals surface area contributed by atoms with Crippen molar-refractivity contribution >= 4 is 11.9 Å². The topological polar surface area (TPSA) is 54.3 Å². The highest BCUT2D eigenvalue weighted by Gasteiger charge is 1.98. The smallest absolute Gasteiger partial charge is 0.410 e. The molecule has 0 spiro atoms. The Kier molecular flexibility index (Phi) is 1.62. The van der Waals surface area contributed by atoms with Crippen LogP contribution in [0.5, 0.6) is 0 Å². The first kappa shape index (κ1) is 6.67. The van der Waals surface area contributed by atoms with Gasteiger partial charge >= 0.3 is 6.09 Å². The second-order valence-corrected chi connectivity index (χ2v) is 1.93. The number of nitrogens with zero attached hydrogens (tertiary/aromatic N) is 1. The van der Waals surface area contributed by atoms with E-state index in [0.717, 1.165) is 0 Å². The van der Waals surface area contributed by atoms with Crippen molar-refractivity contribution in [3.8, 4) is 0 Å². The molecule has 0 atom stereocenters. The molecule has 1 aromatic rings. The molecule has 1 heterocycles. The van der Waals surface area contributed by atoms with Crippen LogP contribution in [0.1, 0.15) is 0 Å². The van der Waals surface area contributed by atoms with Crippen molar-refractivity contribution in [2.75, 3.05) is 5.32 Å². The quantitative estimate of drug-likeness (QED) is 0.614. The van der Waals surface area contributed by atoms with Gasteiger partial charge < -0.3 is 9.67 Å². The van der Waals surface area contributed by atoms with Gasteiger partial charge in [0.05, 0.1) is 0 Å². The van der Waals surface area contributed by atoms with E-state index in [-0.39, 0.29) is 0 Å². The predicted octanol–water partition coefficient (Wildman–Crippen LogP) is 1.11. The fourth-order valence-corrected chi connectivity index (χ4v) is 0.701. The van der Waals surface area contributed by atoms with Crippen LogP contribution in [-0.4, -0.2) is 15.8 Å². The molecule has 0 aromatic carbocycles. The van der Waals surface area contributed by atoms with Crippen LogP contribution in [0.25, 0.3) is 0 Å². The van der Waals surface area contributed by atoms with Crippen molar-refractivity contribution in [3.05, 3.63) is 18.3 Å². The maximum atomic E-state index is 10.1. The van der Waals surface area contributed by atoms with Gasteiger partial charge in [-0.15, -0.1) is 0 Å². The van der Waals surface area contributed by atoms with Crippen LogP contribution in [0, 0.1) is 0 Å². The van der Waals surface area contributed by atoms with E-state index < -0.39 is 6.09 Å². The fraction of sp³-hybridized carbons (Fsp3) is 0.167. The fourth-order valence-electron chi connectivity index (χ4n) is 0.701. The van der Waals surface area contributed by atoms with Crippen LogP contribution in [0.15, 0.2) is 18.3 Å². The summed E-state index contributed by atoms with van der Waals surface area (Å²) in [6.45, 7) is 0. The van der Waals surface area contributed by atoms with Gasteiger partial charge in [-0.25, -0.2) is 4.79 Å². The van der Waals surface area contributed by atoms with Gasteiger partial charge in [0.1, 0.15) is 5.82 Å². The number of amides is 1. The Labute approximate surface area is 58.1 Å². The molecule has 1 aromatic heterocycles. The van der Waals surface area contributed by atoms with Crippen LogP contribution in [0.4, 0.5) is 10.6 Å². The van der Waals surface area contributed by atoms with Gasteiger partial charge in [-0.05, 0) is 12.1 Å². The normalized spacial score (nSPS) is 9.30. The van der Waals surface area contributed by atoms with Crippen molar-refractivity contribution in [1.82, 2.24) is 4.57 Å². The summed E-state index contributed by atoms with van der Waals surface area (Å²) in [6, 6.07) is 3.46. The Morgan fingerprint density at radius 3 is 2.90 bits per heavy atom. The summed E-state index contributed by atoms with van der Waals surface area (Å²) in [6.07, 6.45) is 0.729. The first-order valence-electron chi connectivity index (χ1n) is 2.81. The average molecular weight is 140 g/mol.